The summed E-state index contributed by atoms with van der Waals surface area (Å²) in [6.45, 7) is 11.9. The second kappa shape index (κ2) is 8.35. The quantitative estimate of drug-likeness (QED) is 0.700. The summed E-state index contributed by atoms with van der Waals surface area (Å²) < 4.78 is 16.4. The summed E-state index contributed by atoms with van der Waals surface area (Å²) in [6.07, 6.45) is 2.76. The van der Waals surface area contributed by atoms with E-state index in [9.17, 15) is 0 Å². The van der Waals surface area contributed by atoms with Gasteiger partial charge in [0.2, 0.25) is 0 Å². The summed E-state index contributed by atoms with van der Waals surface area (Å²) in [7, 11) is 0. The highest BCUT2D eigenvalue weighted by Crippen LogP contribution is 2.13. The third-order valence-electron chi connectivity index (χ3n) is 2.59. The minimum atomic E-state index is 0.0823. The van der Waals surface area contributed by atoms with Gasteiger partial charge in [-0.1, -0.05) is 6.92 Å². The molecule has 0 radical (unpaired) electrons. The molecule has 0 bridgehead atoms. The first kappa shape index (κ1) is 16.2. The fourth-order valence-electron chi connectivity index (χ4n) is 1.54. The van der Waals surface area contributed by atoms with Gasteiger partial charge in [0.05, 0.1) is 32.6 Å². The van der Waals surface area contributed by atoms with Gasteiger partial charge in [0.25, 0.3) is 0 Å². The molecule has 0 saturated heterocycles. The van der Waals surface area contributed by atoms with Crippen molar-refractivity contribution in [1.29, 1.82) is 0 Å². The van der Waals surface area contributed by atoms with Crippen LogP contribution >= 0.6 is 0 Å². The zero-order valence-corrected chi connectivity index (χ0v) is 12.6. The minimum Gasteiger partial charge on any atom is -0.468 e. The highest BCUT2D eigenvalue weighted by molar-refractivity contribution is 5.16. The predicted molar refractivity (Wildman–Crippen MR) is 76.1 cm³/mol. The van der Waals surface area contributed by atoms with Crippen LogP contribution in [0, 0.1) is 0 Å². The van der Waals surface area contributed by atoms with E-state index >= 15 is 0 Å². The van der Waals surface area contributed by atoms with Crippen molar-refractivity contribution in [2.24, 2.45) is 0 Å². The van der Waals surface area contributed by atoms with Gasteiger partial charge in [-0.15, -0.1) is 0 Å². The van der Waals surface area contributed by atoms with Gasteiger partial charge < -0.3 is 19.2 Å². The lowest BCUT2D eigenvalue weighted by Gasteiger charge is -2.20. The molecule has 0 unspecified atom stereocenters. The molecule has 4 nitrogen and oxygen atoms in total. The summed E-state index contributed by atoms with van der Waals surface area (Å²) in [5, 5.41) is 3.41. The molecule has 0 atom stereocenters. The Kier molecular flexibility index (Phi) is 7.13. The van der Waals surface area contributed by atoms with E-state index in [0.717, 1.165) is 30.9 Å². The van der Waals surface area contributed by atoms with Gasteiger partial charge in [-0.05, 0) is 33.3 Å². The van der Waals surface area contributed by atoms with Crippen molar-refractivity contribution in [1.82, 2.24) is 5.32 Å². The van der Waals surface area contributed by atoms with Crippen LogP contribution in [0.3, 0.4) is 0 Å². The fraction of sp³-hybridized carbons (Fsp3) is 0.733. The lowest BCUT2D eigenvalue weighted by atomic mass is 10.1. The Morgan fingerprint density at radius 2 is 1.89 bits per heavy atom. The summed E-state index contributed by atoms with van der Waals surface area (Å²) in [6, 6.07) is 1.96. The van der Waals surface area contributed by atoms with Crippen molar-refractivity contribution in [2.75, 3.05) is 19.8 Å². The molecule has 1 aromatic rings. The largest absolute Gasteiger partial charge is 0.468 e. The van der Waals surface area contributed by atoms with Crippen molar-refractivity contribution in [2.45, 2.75) is 52.8 Å². The van der Waals surface area contributed by atoms with Crippen LogP contribution in [-0.2, 0) is 22.6 Å². The average molecular weight is 269 g/mol. The maximum Gasteiger partial charge on any atom is 0.123 e. The highest BCUT2D eigenvalue weighted by Gasteiger charge is 2.12. The molecule has 1 rings (SSSR count). The fourth-order valence-corrected chi connectivity index (χ4v) is 1.54. The number of nitrogens with one attached hydrogen (secondary N) is 1. The number of hydrogen-bond donors (Lipinski definition) is 1. The van der Waals surface area contributed by atoms with Gasteiger partial charge in [-0.25, -0.2) is 0 Å². The second-order valence-corrected chi connectivity index (χ2v) is 5.64. The van der Waals surface area contributed by atoms with Crippen molar-refractivity contribution >= 4 is 0 Å². The number of furan rings is 1. The van der Waals surface area contributed by atoms with Crippen LogP contribution in [0.5, 0.6) is 0 Å². The molecule has 0 aliphatic rings. The molecule has 1 N–H and O–H groups in total. The van der Waals surface area contributed by atoms with E-state index in [2.05, 4.69) is 33.0 Å². The van der Waals surface area contributed by atoms with Crippen molar-refractivity contribution in [3.05, 3.63) is 23.7 Å². The third-order valence-corrected chi connectivity index (χ3v) is 2.59. The standard InChI is InChI=1S/C15H27NO3/c1-5-7-17-9-10-18-12-13-6-8-19-14(13)11-16-15(2,3)4/h6,8,16H,5,7,9-12H2,1-4H3. The van der Waals surface area contributed by atoms with Crippen LogP contribution in [0.1, 0.15) is 45.4 Å². The van der Waals surface area contributed by atoms with Gasteiger partial charge in [-0.3, -0.25) is 0 Å². The molecule has 1 aromatic heterocycles. The SMILES string of the molecule is CCCOCCOCc1ccoc1CNC(C)(C)C. The molecule has 0 amide bonds. The maximum absolute atomic E-state index is 5.58. The molecule has 110 valence electrons. The Labute approximate surface area is 116 Å². The van der Waals surface area contributed by atoms with E-state index in [1.807, 2.05) is 6.07 Å². The van der Waals surface area contributed by atoms with Gasteiger partial charge >= 0.3 is 0 Å². The Bertz CT molecular complexity index is 341. The smallest absolute Gasteiger partial charge is 0.123 e. The maximum atomic E-state index is 5.58. The van der Waals surface area contributed by atoms with Crippen LogP contribution < -0.4 is 5.32 Å². The van der Waals surface area contributed by atoms with Crippen molar-refractivity contribution in [3.63, 3.8) is 0 Å². The lowest BCUT2D eigenvalue weighted by molar-refractivity contribution is 0.0403. The molecule has 0 fully saturated rings. The molecule has 0 saturated carbocycles. The normalized spacial score (nSPS) is 12.0. The molecule has 19 heavy (non-hydrogen) atoms. The Morgan fingerprint density at radius 3 is 2.58 bits per heavy atom. The summed E-state index contributed by atoms with van der Waals surface area (Å²) >= 11 is 0. The number of ether oxygens (including phenoxy) is 2. The van der Waals surface area contributed by atoms with Crippen LogP contribution in [-0.4, -0.2) is 25.4 Å². The molecule has 1 heterocycles. The Morgan fingerprint density at radius 1 is 1.16 bits per heavy atom. The van der Waals surface area contributed by atoms with Gasteiger partial charge in [-0.2, -0.15) is 0 Å². The Balaban J connectivity index is 2.25. The van der Waals surface area contributed by atoms with E-state index in [-0.39, 0.29) is 5.54 Å². The van der Waals surface area contributed by atoms with Crippen LogP contribution in [0.4, 0.5) is 0 Å². The zero-order valence-electron chi connectivity index (χ0n) is 12.6. The lowest BCUT2D eigenvalue weighted by Crippen LogP contribution is -2.35. The van der Waals surface area contributed by atoms with Crippen LogP contribution in [0.25, 0.3) is 0 Å². The van der Waals surface area contributed by atoms with E-state index in [0.29, 0.717) is 19.8 Å². The molecule has 0 aliphatic carbocycles. The predicted octanol–water partition coefficient (Wildman–Crippen LogP) is 3.11. The summed E-state index contributed by atoms with van der Waals surface area (Å²) in [5.74, 6) is 0.949. The van der Waals surface area contributed by atoms with Crippen molar-refractivity contribution in [3.8, 4) is 0 Å². The first-order chi connectivity index (χ1) is 9.03. The van der Waals surface area contributed by atoms with Gasteiger partial charge in [0.15, 0.2) is 0 Å². The Hall–Kier alpha value is -0.840. The molecular weight excluding hydrogens is 242 g/mol. The van der Waals surface area contributed by atoms with E-state index < -0.39 is 0 Å². The van der Waals surface area contributed by atoms with Crippen LogP contribution in [0.15, 0.2) is 16.7 Å². The monoisotopic (exact) mass is 269 g/mol. The number of rotatable bonds is 9. The first-order valence-corrected chi connectivity index (χ1v) is 6.98. The van der Waals surface area contributed by atoms with Crippen molar-refractivity contribution < 1.29 is 13.9 Å². The molecule has 0 spiro atoms. The van der Waals surface area contributed by atoms with Crippen LogP contribution in [0.2, 0.25) is 0 Å². The van der Waals surface area contributed by atoms with E-state index in [1.54, 1.807) is 6.26 Å². The molecule has 4 heteroatoms. The average Bonchev–Trinajstić information content (AvgIpc) is 2.78. The first-order valence-electron chi connectivity index (χ1n) is 6.98. The van der Waals surface area contributed by atoms with Gasteiger partial charge in [0, 0.05) is 17.7 Å². The van der Waals surface area contributed by atoms with E-state index in [4.69, 9.17) is 13.9 Å². The minimum absolute atomic E-state index is 0.0823. The zero-order chi connectivity index (χ0) is 14.1. The number of hydrogen-bond acceptors (Lipinski definition) is 4. The molecular formula is C15H27NO3. The third kappa shape index (κ3) is 7.35. The topological polar surface area (TPSA) is 43.6 Å². The molecule has 0 aromatic carbocycles. The summed E-state index contributed by atoms with van der Waals surface area (Å²) in [4.78, 5) is 0. The second-order valence-electron chi connectivity index (χ2n) is 5.64. The highest BCUT2D eigenvalue weighted by atomic mass is 16.5. The van der Waals surface area contributed by atoms with Gasteiger partial charge in [0.1, 0.15) is 5.76 Å². The van der Waals surface area contributed by atoms with E-state index in [1.165, 1.54) is 0 Å². The summed E-state index contributed by atoms with van der Waals surface area (Å²) in [5.41, 5.74) is 1.19. The molecule has 0 aliphatic heterocycles.